The van der Waals surface area contributed by atoms with E-state index in [0.717, 1.165) is 15.8 Å². The van der Waals surface area contributed by atoms with Crippen molar-refractivity contribution < 1.29 is 14.3 Å². The Bertz CT molecular complexity index is 971. The number of amides is 1. The van der Waals surface area contributed by atoms with Crippen LogP contribution in [0.3, 0.4) is 0 Å². The van der Waals surface area contributed by atoms with Crippen LogP contribution >= 0.6 is 15.9 Å². The molecule has 0 fully saturated rings. The minimum absolute atomic E-state index is 0.147. The van der Waals surface area contributed by atoms with Gasteiger partial charge in [0.05, 0.1) is 26.0 Å². The topological polar surface area (TPSA) is 78.3 Å². The molecule has 0 saturated heterocycles. The van der Waals surface area contributed by atoms with Crippen LogP contribution in [0.5, 0.6) is 5.75 Å². The van der Waals surface area contributed by atoms with Gasteiger partial charge in [-0.15, -0.1) is 5.10 Å². The second-order valence-corrected chi connectivity index (χ2v) is 7.02. The number of carbonyl (C=O) groups excluding carboxylic acids is 1. The van der Waals surface area contributed by atoms with E-state index in [0.29, 0.717) is 17.9 Å². The normalized spacial score (nSPS) is 15.9. The van der Waals surface area contributed by atoms with Gasteiger partial charge in [0.1, 0.15) is 11.9 Å². The highest BCUT2D eigenvalue weighted by atomic mass is 79.9. The maximum atomic E-state index is 12.6. The number of halogens is 1. The van der Waals surface area contributed by atoms with Gasteiger partial charge in [0, 0.05) is 10.2 Å². The largest absolute Gasteiger partial charge is 0.497 e. The predicted molar refractivity (Wildman–Crippen MR) is 103 cm³/mol. The van der Waals surface area contributed by atoms with Gasteiger partial charge in [-0.2, -0.15) is 0 Å². The molecule has 0 spiro atoms. The molecule has 1 amide bonds. The summed E-state index contributed by atoms with van der Waals surface area (Å²) in [4.78, 5) is 12.6. The Morgan fingerprint density at radius 1 is 1.30 bits per heavy atom. The molecule has 0 bridgehead atoms. The molecule has 27 heavy (non-hydrogen) atoms. The number of nitrogens with one attached hydrogen (secondary N) is 1. The van der Waals surface area contributed by atoms with Gasteiger partial charge in [-0.3, -0.25) is 4.79 Å². The van der Waals surface area contributed by atoms with E-state index in [1.54, 1.807) is 11.8 Å². The number of hydrogen-bond acceptors (Lipinski definition) is 5. The molecule has 3 aromatic rings. The molecule has 138 valence electrons. The lowest BCUT2D eigenvalue weighted by Crippen LogP contribution is -2.24. The van der Waals surface area contributed by atoms with Gasteiger partial charge in [-0.1, -0.05) is 39.3 Å². The number of nitrogens with zero attached hydrogens (tertiary/aromatic N) is 3. The lowest BCUT2D eigenvalue weighted by molar-refractivity contribution is -0.00173. The summed E-state index contributed by atoms with van der Waals surface area (Å²) in [5.74, 6) is 0.489. The van der Waals surface area contributed by atoms with Crippen molar-refractivity contribution in [3.8, 4) is 5.75 Å². The van der Waals surface area contributed by atoms with Gasteiger partial charge in [-0.05, 0) is 35.9 Å². The van der Waals surface area contributed by atoms with Gasteiger partial charge in [0.15, 0.2) is 5.69 Å². The lowest BCUT2D eigenvalue weighted by atomic mass is 10.1. The van der Waals surface area contributed by atoms with E-state index in [-0.39, 0.29) is 24.3 Å². The number of rotatable bonds is 4. The smallest absolute Gasteiger partial charge is 0.278 e. The number of fused-ring (bicyclic) bond motifs is 1. The summed E-state index contributed by atoms with van der Waals surface area (Å²) in [6, 6.07) is 15.1. The number of methoxy groups -OCH3 is 1. The van der Waals surface area contributed by atoms with Crippen LogP contribution in [0.25, 0.3) is 0 Å². The average molecular weight is 429 g/mol. The first-order valence-electron chi connectivity index (χ1n) is 8.39. The monoisotopic (exact) mass is 428 g/mol. The van der Waals surface area contributed by atoms with Crippen molar-refractivity contribution in [1.82, 2.24) is 15.0 Å². The molecule has 0 radical (unpaired) electrons. The van der Waals surface area contributed by atoms with Crippen LogP contribution in [0.2, 0.25) is 0 Å². The third-order valence-electron chi connectivity index (χ3n) is 4.38. The molecule has 8 heteroatoms. The summed E-state index contributed by atoms with van der Waals surface area (Å²) in [5, 5.41) is 11.0. The third-order valence-corrected chi connectivity index (χ3v) is 4.88. The maximum Gasteiger partial charge on any atom is 0.278 e. The summed E-state index contributed by atoms with van der Waals surface area (Å²) in [6.45, 7) is 0.768. The van der Waals surface area contributed by atoms with E-state index < -0.39 is 0 Å². The Balaban J connectivity index is 1.50. The second kappa shape index (κ2) is 7.50. The quantitative estimate of drug-likeness (QED) is 0.686. The Labute approximate surface area is 164 Å². The third kappa shape index (κ3) is 3.72. The summed E-state index contributed by atoms with van der Waals surface area (Å²) in [7, 11) is 1.63. The van der Waals surface area contributed by atoms with E-state index in [2.05, 4.69) is 31.6 Å². The van der Waals surface area contributed by atoms with Crippen molar-refractivity contribution in [2.24, 2.45) is 0 Å². The summed E-state index contributed by atoms with van der Waals surface area (Å²) in [6.07, 6.45) is -0.147. The first kappa shape index (κ1) is 17.7. The molecule has 1 aliphatic heterocycles. The van der Waals surface area contributed by atoms with Crippen LogP contribution in [0.4, 0.5) is 5.69 Å². The van der Waals surface area contributed by atoms with E-state index in [4.69, 9.17) is 9.47 Å². The van der Waals surface area contributed by atoms with Crippen LogP contribution in [0, 0.1) is 0 Å². The van der Waals surface area contributed by atoms with Gasteiger partial charge < -0.3 is 14.8 Å². The molecule has 2 heterocycles. The number of ether oxygens (including phenoxy) is 2. The van der Waals surface area contributed by atoms with Gasteiger partial charge in [0.2, 0.25) is 0 Å². The molecule has 1 unspecified atom stereocenters. The Kier molecular flexibility index (Phi) is 4.91. The number of anilines is 1. The van der Waals surface area contributed by atoms with Crippen LogP contribution in [-0.2, 0) is 17.9 Å². The van der Waals surface area contributed by atoms with E-state index >= 15 is 0 Å². The van der Waals surface area contributed by atoms with Crippen molar-refractivity contribution in [3.05, 3.63) is 70.0 Å². The van der Waals surface area contributed by atoms with Crippen molar-refractivity contribution in [2.45, 2.75) is 19.3 Å². The molecule has 2 aromatic carbocycles. The minimum Gasteiger partial charge on any atom is -0.497 e. The molecule has 4 rings (SSSR count). The van der Waals surface area contributed by atoms with E-state index in [1.807, 2.05) is 48.5 Å². The minimum atomic E-state index is -0.305. The zero-order chi connectivity index (χ0) is 18.8. The molecule has 1 atom stereocenters. The fourth-order valence-electron chi connectivity index (χ4n) is 2.96. The fourth-order valence-corrected chi connectivity index (χ4v) is 3.36. The highest BCUT2D eigenvalue weighted by Crippen LogP contribution is 2.28. The molecule has 0 aliphatic carbocycles. The van der Waals surface area contributed by atoms with Crippen LogP contribution < -0.4 is 10.1 Å². The Hall–Kier alpha value is -2.71. The lowest BCUT2D eigenvalue weighted by Gasteiger charge is -2.24. The summed E-state index contributed by atoms with van der Waals surface area (Å²) < 4.78 is 13.8. The van der Waals surface area contributed by atoms with Crippen LogP contribution in [0.1, 0.15) is 27.8 Å². The maximum absolute atomic E-state index is 12.6. The van der Waals surface area contributed by atoms with E-state index in [1.165, 1.54) is 0 Å². The van der Waals surface area contributed by atoms with Gasteiger partial charge >= 0.3 is 0 Å². The molecular weight excluding hydrogens is 412 g/mol. The zero-order valence-corrected chi connectivity index (χ0v) is 16.1. The molecule has 1 aliphatic rings. The second-order valence-electron chi connectivity index (χ2n) is 6.10. The molecule has 0 saturated carbocycles. The molecule has 1 N–H and O–H groups in total. The van der Waals surface area contributed by atoms with Crippen molar-refractivity contribution in [3.63, 3.8) is 0 Å². The zero-order valence-electron chi connectivity index (χ0n) is 14.6. The first-order chi connectivity index (χ1) is 13.1. The molecule has 7 nitrogen and oxygen atoms in total. The number of benzene rings is 2. The van der Waals surface area contributed by atoms with Crippen LogP contribution in [0.15, 0.2) is 53.0 Å². The highest BCUT2D eigenvalue weighted by Gasteiger charge is 2.27. The Morgan fingerprint density at radius 3 is 2.85 bits per heavy atom. The predicted octanol–water partition coefficient (Wildman–Crippen LogP) is 3.57. The first-order valence-corrected chi connectivity index (χ1v) is 9.18. The highest BCUT2D eigenvalue weighted by molar-refractivity contribution is 9.10. The van der Waals surface area contributed by atoms with Crippen molar-refractivity contribution >= 4 is 27.5 Å². The van der Waals surface area contributed by atoms with Crippen molar-refractivity contribution in [1.29, 1.82) is 0 Å². The number of aromatic nitrogens is 3. The molecular formula is C19H17BrN4O3. The SMILES string of the molecule is COc1ccc(C2Cn3nnc(C(=O)Nc4cccc(Br)c4)c3CO2)cc1. The van der Waals surface area contributed by atoms with Gasteiger partial charge in [-0.25, -0.2) is 4.68 Å². The standard InChI is InChI=1S/C19H17BrN4O3/c1-26-15-7-5-12(6-8-15)17-10-24-16(11-27-17)18(22-23-24)19(25)21-14-4-2-3-13(20)9-14/h2-9,17H,10-11H2,1H3,(H,21,25). The number of carbonyl (C=O) groups is 1. The summed E-state index contributed by atoms with van der Waals surface area (Å²) in [5.41, 5.74) is 2.66. The summed E-state index contributed by atoms with van der Waals surface area (Å²) >= 11 is 3.39. The van der Waals surface area contributed by atoms with Crippen molar-refractivity contribution in [2.75, 3.05) is 12.4 Å². The van der Waals surface area contributed by atoms with Gasteiger partial charge in [0.25, 0.3) is 5.91 Å². The fraction of sp³-hybridized carbons (Fsp3) is 0.211. The van der Waals surface area contributed by atoms with Crippen LogP contribution in [-0.4, -0.2) is 28.0 Å². The Morgan fingerprint density at radius 2 is 2.11 bits per heavy atom. The molecule has 1 aromatic heterocycles. The number of hydrogen-bond donors (Lipinski definition) is 1. The average Bonchev–Trinajstić information content (AvgIpc) is 3.11. The van der Waals surface area contributed by atoms with E-state index in [9.17, 15) is 4.79 Å².